The molecule has 0 heterocycles. The lowest BCUT2D eigenvalue weighted by Crippen LogP contribution is -2.17. The number of benzene rings is 3. The molecule has 130 valence electrons. The van der Waals surface area contributed by atoms with Gasteiger partial charge in [0.25, 0.3) is 5.91 Å². The van der Waals surface area contributed by atoms with Gasteiger partial charge in [0, 0.05) is 5.56 Å². The van der Waals surface area contributed by atoms with E-state index < -0.39 is 5.91 Å². The van der Waals surface area contributed by atoms with Gasteiger partial charge in [-0.1, -0.05) is 30.3 Å². The predicted molar refractivity (Wildman–Crippen MR) is 98.7 cm³/mol. The molecule has 0 unspecified atom stereocenters. The van der Waals surface area contributed by atoms with Crippen LogP contribution in [0.25, 0.3) is 0 Å². The highest BCUT2D eigenvalue weighted by Crippen LogP contribution is 2.13. The zero-order chi connectivity index (χ0) is 18.2. The van der Waals surface area contributed by atoms with Crippen molar-refractivity contribution in [2.24, 2.45) is 5.10 Å². The zero-order valence-corrected chi connectivity index (χ0v) is 13.9. The molecule has 4 nitrogen and oxygen atoms in total. The number of nitrogens with zero attached hydrogens (tertiary/aromatic N) is 1. The number of hydrogen-bond donors (Lipinski definition) is 1. The highest BCUT2D eigenvalue weighted by atomic mass is 19.1. The Morgan fingerprint density at radius 1 is 0.962 bits per heavy atom. The molecule has 0 bridgehead atoms. The molecule has 0 saturated carbocycles. The van der Waals surface area contributed by atoms with Crippen LogP contribution in [-0.4, -0.2) is 12.1 Å². The summed E-state index contributed by atoms with van der Waals surface area (Å²) in [7, 11) is 0. The second-order valence-electron chi connectivity index (χ2n) is 5.55. The van der Waals surface area contributed by atoms with Crippen LogP contribution in [0.1, 0.15) is 21.5 Å². The van der Waals surface area contributed by atoms with Gasteiger partial charge >= 0.3 is 0 Å². The largest absolute Gasteiger partial charge is 0.489 e. The summed E-state index contributed by atoms with van der Waals surface area (Å²) in [5, 5.41) is 3.90. The Kier molecular flexibility index (Phi) is 5.72. The average molecular weight is 348 g/mol. The quantitative estimate of drug-likeness (QED) is 0.537. The smallest absolute Gasteiger partial charge is 0.271 e. The summed E-state index contributed by atoms with van der Waals surface area (Å²) in [5.74, 6) is -0.0370. The number of hydrazone groups is 1. The van der Waals surface area contributed by atoms with Gasteiger partial charge in [-0.15, -0.1) is 0 Å². The molecule has 0 saturated heterocycles. The SMILES string of the molecule is O=C(N/N=C\c1ccc(OCc2ccccc2)cc1)c1ccc(F)cc1. The summed E-state index contributed by atoms with van der Waals surface area (Å²) in [6, 6.07) is 22.5. The number of carbonyl (C=O) groups excluding carboxylic acids is 1. The average Bonchev–Trinajstić information content (AvgIpc) is 2.68. The molecular formula is C21H17FN2O2. The second kappa shape index (κ2) is 8.58. The minimum atomic E-state index is -0.399. The number of ether oxygens (including phenoxy) is 1. The lowest BCUT2D eigenvalue weighted by Gasteiger charge is -2.06. The van der Waals surface area contributed by atoms with E-state index in [1.54, 1.807) is 0 Å². The van der Waals surface area contributed by atoms with Crippen molar-refractivity contribution in [1.29, 1.82) is 0 Å². The minimum Gasteiger partial charge on any atom is -0.489 e. The summed E-state index contributed by atoms with van der Waals surface area (Å²) in [6.07, 6.45) is 1.53. The van der Waals surface area contributed by atoms with Crippen LogP contribution in [0.4, 0.5) is 4.39 Å². The third-order valence-corrected chi connectivity index (χ3v) is 3.61. The van der Waals surface area contributed by atoms with Crippen molar-refractivity contribution in [2.45, 2.75) is 6.61 Å². The molecule has 3 aromatic carbocycles. The summed E-state index contributed by atoms with van der Waals surface area (Å²) in [4.78, 5) is 11.9. The number of nitrogens with one attached hydrogen (secondary N) is 1. The maximum Gasteiger partial charge on any atom is 0.271 e. The van der Waals surface area contributed by atoms with E-state index >= 15 is 0 Å². The molecule has 0 aromatic heterocycles. The molecule has 0 aliphatic heterocycles. The molecule has 3 aromatic rings. The highest BCUT2D eigenvalue weighted by Gasteiger charge is 2.03. The molecule has 1 amide bonds. The van der Waals surface area contributed by atoms with Gasteiger partial charge in [-0.05, 0) is 59.7 Å². The minimum absolute atomic E-state index is 0.341. The van der Waals surface area contributed by atoms with Crippen molar-refractivity contribution < 1.29 is 13.9 Å². The topological polar surface area (TPSA) is 50.7 Å². The molecule has 1 N–H and O–H groups in total. The van der Waals surface area contributed by atoms with E-state index in [0.29, 0.717) is 12.2 Å². The lowest BCUT2D eigenvalue weighted by molar-refractivity contribution is 0.0955. The Balaban J connectivity index is 1.51. The van der Waals surface area contributed by atoms with E-state index in [9.17, 15) is 9.18 Å². The summed E-state index contributed by atoms with van der Waals surface area (Å²) >= 11 is 0. The van der Waals surface area contributed by atoms with E-state index in [0.717, 1.165) is 16.9 Å². The van der Waals surface area contributed by atoms with Gasteiger partial charge in [-0.3, -0.25) is 4.79 Å². The maximum atomic E-state index is 12.8. The number of hydrogen-bond acceptors (Lipinski definition) is 3. The van der Waals surface area contributed by atoms with Gasteiger partial charge in [0.2, 0.25) is 0 Å². The van der Waals surface area contributed by atoms with Gasteiger partial charge < -0.3 is 4.74 Å². The van der Waals surface area contributed by atoms with Crippen LogP contribution in [-0.2, 0) is 6.61 Å². The summed E-state index contributed by atoms with van der Waals surface area (Å²) < 4.78 is 18.5. The monoisotopic (exact) mass is 348 g/mol. The Morgan fingerprint density at radius 3 is 2.35 bits per heavy atom. The first-order chi connectivity index (χ1) is 12.7. The Hall–Kier alpha value is -3.47. The Morgan fingerprint density at radius 2 is 1.65 bits per heavy atom. The molecule has 0 radical (unpaired) electrons. The highest BCUT2D eigenvalue weighted by molar-refractivity contribution is 5.94. The van der Waals surface area contributed by atoms with Crippen molar-refractivity contribution in [3.8, 4) is 5.75 Å². The van der Waals surface area contributed by atoms with Gasteiger partial charge in [0.15, 0.2) is 0 Å². The Bertz CT molecular complexity index is 876. The molecule has 0 spiro atoms. The fraction of sp³-hybridized carbons (Fsp3) is 0.0476. The van der Waals surface area contributed by atoms with Crippen LogP contribution >= 0.6 is 0 Å². The van der Waals surface area contributed by atoms with Gasteiger partial charge in [-0.25, -0.2) is 9.82 Å². The van der Waals surface area contributed by atoms with Crippen LogP contribution in [0.2, 0.25) is 0 Å². The number of amides is 1. The van der Waals surface area contributed by atoms with Crippen LogP contribution in [0.5, 0.6) is 5.75 Å². The predicted octanol–water partition coefficient (Wildman–Crippen LogP) is 4.17. The summed E-state index contributed by atoms with van der Waals surface area (Å²) in [6.45, 7) is 0.502. The standard InChI is InChI=1S/C21H17FN2O2/c22-19-10-8-18(9-11-19)21(25)24-23-14-16-6-12-20(13-7-16)26-15-17-4-2-1-3-5-17/h1-14H,15H2,(H,24,25)/b23-14-. The Labute approximate surface area is 150 Å². The number of rotatable bonds is 6. The first-order valence-corrected chi connectivity index (χ1v) is 8.06. The van der Waals surface area contributed by atoms with Gasteiger partial charge in [0.1, 0.15) is 18.2 Å². The second-order valence-corrected chi connectivity index (χ2v) is 5.55. The van der Waals surface area contributed by atoms with Crippen LogP contribution in [0.3, 0.4) is 0 Å². The van der Waals surface area contributed by atoms with Crippen LogP contribution < -0.4 is 10.2 Å². The number of halogens is 1. The van der Waals surface area contributed by atoms with Crippen LogP contribution in [0, 0.1) is 5.82 Å². The van der Waals surface area contributed by atoms with Crippen molar-refractivity contribution in [3.05, 3.63) is 101 Å². The third kappa shape index (κ3) is 5.01. The van der Waals surface area contributed by atoms with Crippen molar-refractivity contribution in [1.82, 2.24) is 5.43 Å². The fourth-order valence-corrected chi connectivity index (χ4v) is 2.22. The van der Waals surface area contributed by atoms with Crippen molar-refractivity contribution in [2.75, 3.05) is 0 Å². The third-order valence-electron chi connectivity index (χ3n) is 3.61. The first-order valence-electron chi connectivity index (χ1n) is 8.06. The zero-order valence-electron chi connectivity index (χ0n) is 13.9. The fourth-order valence-electron chi connectivity index (χ4n) is 2.22. The van der Waals surface area contributed by atoms with Gasteiger partial charge in [-0.2, -0.15) is 5.10 Å². The van der Waals surface area contributed by atoms with E-state index in [1.165, 1.54) is 30.5 Å². The van der Waals surface area contributed by atoms with Gasteiger partial charge in [0.05, 0.1) is 6.21 Å². The van der Waals surface area contributed by atoms with Crippen molar-refractivity contribution >= 4 is 12.1 Å². The molecule has 3 rings (SSSR count). The molecule has 5 heteroatoms. The maximum absolute atomic E-state index is 12.8. The van der Waals surface area contributed by atoms with E-state index in [1.807, 2.05) is 54.6 Å². The number of carbonyl (C=O) groups is 1. The lowest BCUT2D eigenvalue weighted by atomic mass is 10.2. The van der Waals surface area contributed by atoms with E-state index in [4.69, 9.17) is 4.74 Å². The van der Waals surface area contributed by atoms with E-state index in [2.05, 4.69) is 10.5 Å². The molecule has 0 aliphatic carbocycles. The molecule has 26 heavy (non-hydrogen) atoms. The van der Waals surface area contributed by atoms with E-state index in [-0.39, 0.29) is 5.82 Å². The normalized spacial score (nSPS) is 10.7. The molecule has 0 atom stereocenters. The molecule has 0 fully saturated rings. The van der Waals surface area contributed by atoms with Crippen molar-refractivity contribution in [3.63, 3.8) is 0 Å². The molecular weight excluding hydrogens is 331 g/mol. The van der Waals surface area contributed by atoms with Crippen LogP contribution in [0.15, 0.2) is 84.0 Å². The molecule has 0 aliphatic rings. The first kappa shape index (κ1) is 17.4. The summed E-state index contributed by atoms with van der Waals surface area (Å²) in [5.41, 5.74) is 4.66.